The van der Waals surface area contributed by atoms with Crippen molar-refractivity contribution in [2.45, 2.75) is 38.8 Å². The number of ether oxygens (including phenoxy) is 1. The average molecular weight is 290 g/mol. The van der Waals surface area contributed by atoms with Crippen molar-refractivity contribution in [1.29, 1.82) is 0 Å². The molecule has 0 amide bonds. The van der Waals surface area contributed by atoms with Gasteiger partial charge in [-0.25, -0.2) is 0 Å². The van der Waals surface area contributed by atoms with Gasteiger partial charge in [-0.05, 0) is 44.0 Å². The van der Waals surface area contributed by atoms with Crippen LogP contribution in [0.2, 0.25) is 0 Å². The Morgan fingerprint density at radius 1 is 1.43 bits per heavy atom. The second kappa shape index (κ2) is 6.24. The molecule has 0 aromatic heterocycles. The Kier molecular flexibility index (Phi) is 4.36. The van der Waals surface area contributed by atoms with Crippen LogP contribution in [0.1, 0.15) is 38.3 Å². The van der Waals surface area contributed by atoms with E-state index in [1.165, 1.54) is 18.4 Å². The lowest BCUT2D eigenvalue weighted by Crippen LogP contribution is -2.43. The summed E-state index contributed by atoms with van der Waals surface area (Å²) in [4.78, 5) is 2.55. The molecule has 1 saturated heterocycles. The van der Waals surface area contributed by atoms with E-state index in [0.717, 1.165) is 31.3 Å². The number of nitrogens with zero attached hydrogens (tertiary/aromatic N) is 1. The van der Waals surface area contributed by atoms with Gasteiger partial charge >= 0.3 is 0 Å². The van der Waals surface area contributed by atoms with Crippen LogP contribution >= 0.6 is 0 Å². The van der Waals surface area contributed by atoms with Crippen molar-refractivity contribution in [1.82, 2.24) is 10.2 Å². The third kappa shape index (κ3) is 3.33. The Morgan fingerprint density at radius 2 is 2.29 bits per heavy atom. The summed E-state index contributed by atoms with van der Waals surface area (Å²) in [5.74, 6) is 1.86. The minimum absolute atomic E-state index is 0.284. The normalized spacial score (nSPS) is 25.9. The predicted octanol–water partition coefficient (Wildman–Crippen LogP) is 2.54. The maximum absolute atomic E-state index is 9.56. The smallest absolute Gasteiger partial charge is 0.127 e. The van der Waals surface area contributed by atoms with Crippen LogP contribution in [0.4, 0.5) is 0 Å². The molecule has 21 heavy (non-hydrogen) atoms. The molecule has 2 atom stereocenters. The van der Waals surface area contributed by atoms with Crippen LogP contribution in [0.15, 0.2) is 18.2 Å². The molecule has 2 heterocycles. The average Bonchev–Trinajstić information content (AvgIpc) is 2.88. The number of piperidine rings is 1. The minimum Gasteiger partial charge on any atom is -0.508 e. The number of hydrogen-bond donors (Lipinski definition) is 2. The Morgan fingerprint density at radius 3 is 3.10 bits per heavy atom. The van der Waals surface area contributed by atoms with Gasteiger partial charge in [-0.1, -0.05) is 13.8 Å². The summed E-state index contributed by atoms with van der Waals surface area (Å²) < 4.78 is 5.76. The van der Waals surface area contributed by atoms with Crippen LogP contribution in [0.25, 0.3) is 0 Å². The first kappa shape index (κ1) is 14.7. The van der Waals surface area contributed by atoms with Crippen molar-refractivity contribution >= 4 is 0 Å². The highest BCUT2D eigenvalue weighted by atomic mass is 16.5. The molecule has 0 saturated carbocycles. The van der Waals surface area contributed by atoms with Gasteiger partial charge < -0.3 is 15.2 Å². The fourth-order valence-corrected chi connectivity index (χ4v) is 3.43. The van der Waals surface area contributed by atoms with Crippen LogP contribution in [-0.4, -0.2) is 42.3 Å². The van der Waals surface area contributed by atoms with Gasteiger partial charge in [-0.15, -0.1) is 0 Å². The molecular formula is C17H26N2O2. The van der Waals surface area contributed by atoms with Gasteiger partial charge in [-0.2, -0.15) is 0 Å². The largest absolute Gasteiger partial charge is 0.508 e. The van der Waals surface area contributed by atoms with E-state index in [9.17, 15) is 5.11 Å². The van der Waals surface area contributed by atoms with Crippen molar-refractivity contribution < 1.29 is 9.84 Å². The molecule has 4 heteroatoms. The lowest BCUT2D eigenvalue weighted by atomic mass is 9.95. The molecule has 1 aromatic carbocycles. The van der Waals surface area contributed by atoms with Crippen molar-refractivity contribution in [2.24, 2.45) is 5.92 Å². The summed E-state index contributed by atoms with van der Waals surface area (Å²) in [6.07, 6.45) is 2.57. The summed E-state index contributed by atoms with van der Waals surface area (Å²) in [5, 5.41) is 13.1. The standard InChI is InChI=1S/C17H26N2O2/c1-12(2)18-9-13-4-3-7-19(10-13)16-11-21-17-8-14(20)5-6-15(16)17/h5-6,8,12-13,16,18,20H,3-4,7,9-11H2,1-2H3. The molecule has 0 spiro atoms. The zero-order valence-corrected chi connectivity index (χ0v) is 13.0. The number of phenolic OH excluding ortho intramolecular Hbond substituents is 1. The van der Waals surface area contributed by atoms with Gasteiger partial charge in [0.05, 0.1) is 6.04 Å². The molecule has 0 radical (unpaired) electrons. The summed E-state index contributed by atoms with van der Waals surface area (Å²) in [6, 6.07) is 6.42. The third-order valence-corrected chi connectivity index (χ3v) is 4.56. The van der Waals surface area contributed by atoms with E-state index in [1.54, 1.807) is 12.1 Å². The van der Waals surface area contributed by atoms with Gasteiger partial charge in [0.2, 0.25) is 0 Å². The van der Waals surface area contributed by atoms with E-state index >= 15 is 0 Å². The summed E-state index contributed by atoms with van der Waals surface area (Å²) in [5.41, 5.74) is 1.23. The summed E-state index contributed by atoms with van der Waals surface area (Å²) >= 11 is 0. The SMILES string of the molecule is CC(C)NCC1CCCN(C2COc3cc(O)ccc32)C1. The Balaban J connectivity index is 1.65. The molecule has 0 aliphatic carbocycles. The van der Waals surface area contributed by atoms with Crippen LogP contribution in [0.5, 0.6) is 11.5 Å². The van der Waals surface area contributed by atoms with Crippen molar-refractivity contribution in [3.8, 4) is 11.5 Å². The van der Waals surface area contributed by atoms with Gasteiger partial charge in [0.1, 0.15) is 18.1 Å². The zero-order chi connectivity index (χ0) is 14.8. The quantitative estimate of drug-likeness (QED) is 0.894. The zero-order valence-electron chi connectivity index (χ0n) is 13.0. The van der Waals surface area contributed by atoms with Crippen LogP contribution in [0.3, 0.4) is 0 Å². The number of likely N-dealkylation sites (tertiary alicyclic amines) is 1. The van der Waals surface area contributed by atoms with E-state index in [4.69, 9.17) is 4.74 Å². The molecular weight excluding hydrogens is 264 g/mol. The number of aromatic hydroxyl groups is 1. The fraction of sp³-hybridized carbons (Fsp3) is 0.647. The topological polar surface area (TPSA) is 44.7 Å². The van der Waals surface area contributed by atoms with Gasteiger partial charge in [-0.3, -0.25) is 4.90 Å². The second-order valence-electron chi connectivity index (χ2n) is 6.62. The molecule has 3 rings (SSSR count). The molecule has 0 bridgehead atoms. The van der Waals surface area contributed by atoms with Gasteiger partial charge in [0, 0.05) is 24.2 Å². The molecule has 1 fully saturated rings. The number of rotatable bonds is 4. The maximum Gasteiger partial charge on any atom is 0.127 e. The first-order chi connectivity index (χ1) is 10.1. The van der Waals surface area contributed by atoms with E-state index in [0.29, 0.717) is 18.7 Å². The van der Waals surface area contributed by atoms with Crippen molar-refractivity contribution in [2.75, 3.05) is 26.2 Å². The Labute approximate surface area is 127 Å². The van der Waals surface area contributed by atoms with E-state index in [-0.39, 0.29) is 5.75 Å². The maximum atomic E-state index is 9.56. The lowest BCUT2D eigenvalue weighted by molar-refractivity contribution is 0.104. The van der Waals surface area contributed by atoms with Gasteiger partial charge in [0.15, 0.2) is 0 Å². The third-order valence-electron chi connectivity index (χ3n) is 4.56. The van der Waals surface area contributed by atoms with Crippen LogP contribution in [-0.2, 0) is 0 Å². The van der Waals surface area contributed by atoms with E-state index in [1.807, 2.05) is 6.07 Å². The van der Waals surface area contributed by atoms with Crippen molar-refractivity contribution in [3.63, 3.8) is 0 Å². The highest BCUT2D eigenvalue weighted by Gasteiger charge is 2.32. The van der Waals surface area contributed by atoms with E-state index in [2.05, 4.69) is 24.1 Å². The molecule has 2 N–H and O–H groups in total. The molecule has 2 aliphatic rings. The number of hydrogen-bond acceptors (Lipinski definition) is 4. The second-order valence-corrected chi connectivity index (χ2v) is 6.62. The first-order valence-electron chi connectivity index (χ1n) is 8.06. The lowest BCUT2D eigenvalue weighted by Gasteiger charge is -2.36. The Bertz CT molecular complexity index is 490. The monoisotopic (exact) mass is 290 g/mol. The fourth-order valence-electron chi connectivity index (χ4n) is 3.43. The molecule has 2 unspecified atom stereocenters. The minimum atomic E-state index is 0.284. The molecule has 4 nitrogen and oxygen atoms in total. The van der Waals surface area contributed by atoms with Gasteiger partial charge in [0.25, 0.3) is 0 Å². The number of phenols is 1. The summed E-state index contributed by atoms with van der Waals surface area (Å²) in [6.45, 7) is 8.50. The first-order valence-corrected chi connectivity index (χ1v) is 8.06. The predicted molar refractivity (Wildman–Crippen MR) is 83.8 cm³/mol. The number of fused-ring (bicyclic) bond motifs is 1. The van der Waals surface area contributed by atoms with Crippen LogP contribution in [0, 0.1) is 5.92 Å². The van der Waals surface area contributed by atoms with E-state index < -0.39 is 0 Å². The molecule has 2 aliphatic heterocycles. The molecule has 116 valence electrons. The molecule has 1 aromatic rings. The van der Waals surface area contributed by atoms with Crippen molar-refractivity contribution in [3.05, 3.63) is 23.8 Å². The van der Waals surface area contributed by atoms with Crippen LogP contribution < -0.4 is 10.1 Å². The number of benzene rings is 1. The highest BCUT2D eigenvalue weighted by molar-refractivity contribution is 5.44. The number of nitrogens with one attached hydrogen (secondary N) is 1. The Hall–Kier alpha value is -1.26. The summed E-state index contributed by atoms with van der Waals surface area (Å²) in [7, 11) is 0. The highest BCUT2D eigenvalue weighted by Crippen LogP contribution is 2.39.